The first-order chi connectivity index (χ1) is 24.4. The molecule has 0 saturated heterocycles. The largest absolute Gasteiger partial charge is 0.445 e. The van der Waals surface area contributed by atoms with E-state index in [-0.39, 0.29) is 30.8 Å². The van der Waals surface area contributed by atoms with E-state index in [9.17, 15) is 14.4 Å². The van der Waals surface area contributed by atoms with E-state index in [1.54, 1.807) is 23.9 Å². The van der Waals surface area contributed by atoms with Crippen molar-refractivity contribution in [2.75, 3.05) is 45.6 Å². The number of pyridine rings is 1. The first-order valence-electron chi connectivity index (χ1n) is 16.9. The molecule has 0 aliphatic heterocycles. The molecule has 0 aliphatic carbocycles. The zero-order valence-electron chi connectivity index (χ0n) is 28.4. The summed E-state index contributed by atoms with van der Waals surface area (Å²) in [7, 11) is 3.45. The van der Waals surface area contributed by atoms with Crippen LogP contribution in [0.25, 0.3) is 27.2 Å². The van der Waals surface area contributed by atoms with E-state index in [1.807, 2.05) is 102 Å². The number of para-hydroxylation sites is 1. The molecular weight excluding hydrogens is 632 g/mol. The van der Waals surface area contributed by atoms with Gasteiger partial charge in [-0.25, -0.2) is 14.1 Å². The van der Waals surface area contributed by atoms with Crippen LogP contribution in [0.15, 0.2) is 102 Å². The van der Waals surface area contributed by atoms with Crippen LogP contribution in [0.2, 0.25) is 0 Å². The molecule has 2 N–H and O–H groups in total. The fourth-order valence-electron chi connectivity index (χ4n) is 5.96. The third kappa shape index (κ3) is 7.95. The fourth-order valence-corrected chi connectivity index (χ4v) is 5.96. The van der Waals surface area contributed by atoms with Gasteiger partial charge >= 0.3 is 12.2 Å². The van der Waals surface area contributed by atoms with Gasteiger partial charge < -0.3 is 29.9 Å². The number of nitrogens with one attached hydrogen (secondary N) is 2. The first kappa shape index (κ1) is 34.2. The monoisotopic (exact) mass is 674 g/mol. The minimum absolute atomic E-state index is 0.0515. The number of anilines is 1. The van der Waals surface area contributed by atoms with Gasteiger partial charge in [-0.15, -0.1) is 0 Å². The number of rotatable bonds is 15. The molecule has 0 unspecified atom stereocenters. The second-order valence-electron chi connectivity index (χ2n) is 12.3. The van der Waals surface area contributed by atoms with Crippen molar-refractivity contribution in [1.82, 2.24) is 24.7 Å². The molecule has 2 heterocycles. The van der Waals surface area contributed by atoms with Crippen molar-refractivity contribution in [3.05, 3.63) is 124 Å². The summed E-state index contributed by atoms with van der Waals surface area (Å²) in [4.78, 5) is 41.9. The fraction of sp³-hybridized carbons (Fsp3) is 0.282. The molecule has 0 bridgehead atoms. The van der Waals surface area contributed by atoms with Crippen LogP contribution >= 0.6 is 0 Å². The lowest BCUT2D eigenvalue weighted by Crippen LogP contribution is -2.30. The Bertz CT molecular complexity index is 2100. The van der Waals surface area contributed by atoms with Crippen LogP contribution in [0.1, 0.15) is 29.7 Å². The van der Waals surface area contributed by atoms with Crippen LogP contribution in [-0.2, 0) is 29.2 Å². The third-order valence-electron chi connectivity index (χ3n) is 8.68. The Hall–Kier alpha value is -5.68. The number of hydrogen-bond donors (Lipinski definition) is 2. The predicted octanol–water partition coefficient (Wildman–Crippen LogP) is 6.26. The lowest BCUT2D eigenvalue weighted by Gasteiger charge is -2.17. The Kier molecular flexibility index (Phi) is 11.0. The van der Waals surface area contributed by atoms with Crippen LogP contribution in [0.4, 0.5) is 15.3 Å². The van der Waals surface area contributed by atoms with E-state index < -0.39 is 0 Å². The van der Waals surface area contributed by atoms with Gasteiger partial charge in [0.05, 0.1) is 22.1 Å². The Balaban J connectivity index is 1.06. The van der Waals surface area contributed by atoms with E-state index in [2.05, 4.69) is 10.6 Å². The standard InChI is InChI=1S/C39H42N6O5/c1-43(38(47)49-26-28-13-5-3-6-14-28)23-11-21-40-25-33-30-19-20-32(35-36(30)45(42-33)34-18-10-9-17-31(34)37(35)46)41-22-12-24-44(2)39(48)50-27-29-15-7-4-8-16-29/h3-10,13-20,40-41H,11-12,21-27H2,1-2H3. The molecule has 2 aromatic heterocycles. The van der Waals surface area contributed by atoms with Crippen LogP contribution in [0.3, 0.4) is 0 Å². The molecule has 0 fully saturated rings. The summed E-state index contributed by atoms with van der Waals surface area (Å²) in [5, 5.41) is 13.9. The van der Waals surface area contributed by atoms with Gasteiger partial charge in [-0.05, 0) is 54.8 Å². The van der Waals surface area contributed by atoms with Crippen molar-refractivity contribution in [3.63, 3.8) is 0 Å². The Morgan fingerprint density at radius 3 is 1.94 bits per heavy atom. The number of aromatic nitrogens is 2. The van der Waals surface area contributed by atoms with Gasteiger partial charge in [-0.3, -0.25) is 4.79 Å². The van der Waals surface area contributed by atoms with Crippen molar-refractivity contribution in [3.8, 4) is 0 Å². The lowest BCUT2D eigenvalue weighted by molar-refractivity contribution is 0.104. The second-order valence-corrected chi connectivity index (χ2v) is 12.3. The van der Waals surface area contributed by atoms with Crippen molar-refractivity contribution >= 4 is 45.1 Å². The van der Waals surface area contributed by atoms with Crippen LogP contribution in [-0.4, -0.2) is 71.9 Å². The quantitative estimate of drug-likeness (QED) is 0.0969. The van der Waals surface area contributed by atoms with E-state index in [0.717, 1.165) is 45.3 Å². The summed E-state index contributed by atoms with van der Waals surface area (Å²) in [6.45, 7) is 3.23. The van der Waals surface area contributed by atoms with Crippen LogP contribution in [0, 0.1) is 0 Å². The SMILES string of the molecule is CN(CCCNCc1nn2c3ccccc3c(=O)c3c(NCCCN(C)C(=O)OCc4ccccc4)ccc1c32)C(=O)OCc1ccccc1. The van der Waals surface area contributed by atoms with Gasteiger partial charge in [0, 0.05) is 56.7 Å². The van der Waals surface area contributed by atoms with E-state index >= 15 is 0 Å². The van der Waals surface area contributed by atoms with Gasteiger partial charge in [-0.2, -0.15) is 5.10 Å². The van der Waals surface area contributed by atoms with E-state index in [0.29, 0.717) is 49.9 Å². The Morgan fingerprint density at radius 1 is 0.720 bits per heavy atom. The molecule has 11 nitrogen and oxygen atoms in total. The average Bonchev–Trinajstić information content (AvgIpc) is 3.52. The van der Waals surface area contributed by atoms with Crippen molar-refractivity contribution in [1.29, 1.82) is 0 Å². The maximum Gasteiger partial charge on any atom is 0.409 e. The summed E-state index contributed by atoms with van der Waals surface area (Å²) >= 11 is 0. The highest BCUT2D eigenvalue weighted by Gasteiger charge is 2.20. The van der Waals surface area contributed by atoms with Crippen LogP contribution < -0.4 is 16.1 Å². The smallest absolute Gasteiger partial charge is 0.409 e. The normalized spacial score (nSPS) is 11.2. The minimum Gasteiger partial charge on any atom is -0.445 e. The number of amides is 2. The van der Waals surface area contributed by atoms with Crippen molar-refractivity contribution in [2.24, 2.45) is 0 Å². The van der Waals surface area contributed by atoms with Gasteiger partial charge in [0.1, 0.15) is 13.2 Å². The van der Waals surface area contributed by atoms with Crippen molar-refractivity contribution < 1.29 is 19.1 Å². The predicted molar refractivity (Wildman–Crippen MR) is 196 cm³/mol. The molecule has 0 spiro atoms. The molecule has 11 heteroatoms. The molecule has 258 valence electrons. The van der Waals surface area contributed by atoms with Crippen molar-refractivity contribution in [2.45, 2.75) is 32.6 Å². The number of carbonyl (C=O) groups is 2. The summed E-state index contributed by atoms with van der Waals surface area (Å²) in [5.74, 6) is 0. The maximum absolute atomic E-state index is 13.9. The number of benzene rings is 4. The number of carbonyl (C=O) groups excluding carboxylic acids is 2. The number of nitrogens with zero attached hydrogens (tertiary/aromatic N) is 4. The maximum atomic E-state index is 13.9. The molecule has 0 saturated carbocycles. The highest BCUT2D eigenvalue weighted by Crippen LogP contribution is 2.31. The molecule has 0 aliphatic rings. The van der Waals surface area contributed by atoms with Crippen LogP contribution in [0.5, 0.6) is 0 Å². The first-order valence-corrected chi connectivity index (χ1v) is 16.9. The lowest BCUT2D eigenvalue weighted by atomic mass is 10.1. The van der Waals surface area contributed by atoms with Gasteiger partial charge in [0.2, 0.25) is 0 Å². The number of fused-ring (bicyclic) bond motifs is 2. The molecule has 0 atom stereocenters. The highest BCUT2D eigenvalue weighted by atomic mass is 16.6. The number of ether oxygens (including phenoxy) is 2. The zero-order chi connectivity index (χ0) is 34.9. The molecule has 0 radical (unpaired) electrons. The van der Waals surface area contributed by atoms with Gasteiger partial charge in [-0.1, -0.05) is 72.8 Å². The molecule has 4 aromatic carbocycles. The summed E-state index contributed by atoms with van der Waals surface area (Å²) < 4.78 is 12.7. The highest BCUT2D eigenvalue weighted by molar-refractivity contribution is 6.08. The molecule has 6 aromatic rings. The van der Waals surface area contributed by atoms with Gasteiger partial charge in [0.25, 0.3) is 0 Å². The molecule has 2 amide bonds. The third-order valence-corrected chi connectivity index (χ3v) is 8.68. The topological polar surface area (TPSA) is 118 Å². The molecule has 6 rings (SSSR count). The van der Waals surface area contributed by atoms with Gasteiger partial charge in [0.15, 0.2) is 5.43 Å². The average molecular weight is 675 g/mol. The summed E-state index contributed by atoms with van der Waals surface area (Å²) in [5.41, 5.74) is 4.93. The number of hydrogen-bond acceptors (Lipinski definition) is 8. The second kappa shape index (κ2) is 16.1. The summed E-state index contributed by atoms with van der Waals surface area (Å²) in [6, 6.07) is 30.7. The Morgan fingerprint density at radius 2 is 1.30 bits per heavy atom. The molecular formula is C39H42N6O5. The minimum atomic E-state index is -0.379. The summed E-state index contributed by atoms with van der Waals surface area (Å²) in [6.07, 6.45) is 0.658. The van der Waals surface area contributed by atoms with E-state index in [4.69, 9.17) is 14.6 Å². The van der Waals surface area contributed by atoms with E-state index in [1.165, 1.54) is 0 Å². The molecule has 50 heavy (non-hydrogen) atoms. The Labute approximate surface area is 290 Å². The zero-order valence-corrected chi connectivity index (χ0v) is 28.4.